The van der Waals surface area contributed by atoms with Crippen LogP contribution in [0.1, 0.15) is 42.0 Å². The summed E-state index contributed by atoms with van der Waals surface area (Å²) in [5.41, 5.74) is 6.04. The Morgan fingerprint density at radius 3 is 2.00 bits per heavy atom. The van der Waals surface area contributed by atoms with E-state index in [0.29, 0.717) is 24.2 Å². The van der Waals surface area contributed by atoms with Crippen LogP contribution in [0.15, 0.2) is 84.9 Å². The fourth-order valence-electron chi connectivity index (χ4n) is 4.15. The van der Waals surface area contributed by atoms with Gasteiger partial charge in [0.15, 0.2) is 0 Å². The van der Waals surface area contributed by atoms with E-state index in [1.165, 1.54) is 22.3 Å². The van der Waals surface area contributed by atoms with Crippen LogP contribution in [-0.2, 0) is 27.7 Å². The second-order valence-electron chi connectivity index (χ2n) is 8.84. The van der Waals surface area contributed by atoms with Crippen molar-refractivity contribution in [1.29, 1.82) is 0 Å². The lowest BCUT2D eigenvalue weighted by Crippen LogP contribution is -2.06. The fourth-order valence-corrected chi connectivity index (χ4v) is 6.17. The topological polar surface area (TPSA) is 18.5 Å². The van der Waals surface area contributed by atoms with Crippen molar-refractivity contribution < 1.29 is 9.47 Å². The molecule has 1 saturated heterocycles. The van der Waals surface area contributed by atoms with Crippen LogP contribution in [-0.4, -0.2) is 22.7 Å². The van der Waals surface area contributed by atoms with E-state index >= 15 is 0 Å². The lowest BCUT2D eigenvalue weighted by atomic mass is 9.98. The molecule has 1 heterocycles. The molecule has 2 nitrogen and oxygen atoms in total. The molecule has 0 bridgehead atoms. The summed E-state index contributed by atoms with van der Waals surface area (Å²) in [4.78, 5) is 0. The van der Waals surface area contributed by atoms with Gasteiger partial charge in [0.25, 0.3) is 0 Å². The Hall–Kier alpha value is -2.20. The molecule has 0 radical (unpaired) electrons. The maximum Gasteiger partial charge on any atom is 0.0717 e. The summed E-state index contributed by atoms with van der Waals surface area (Å²) in [5.74, 6) is 0.409. The molecule has 4 rings (SSSR count). The summed E-state index contributed by atoms with van der Waals surface area (Å²) in [6.07, 6.45) is 0. The molecule has 0 amide bonds. The molecule has 1 aliphatic rings. The Bertz CT molecular complexity index is 911. The monoisotopic (exact) mass is 416 g/mol. The normalized spacial score (nSPS) is 22.1. The maximum absolute atomic E-state index is 6.07. The standard InChI is InChI=1S/C27H32O2Si/c1-21(24-9-5-3-6-10-24)17-28-18-22-13-15-23(16-14-22)19-29-20-26-27(2,30-26)25-11-7-4-8-12-25/h3-16,21,26H,17-20,30H2,1-2H3/t21-,26?,27+/m1/s1. The van der Waals surface area contributed by atoms with Crippen molar-refractivity contribution in [3.05, 3.63) is 107 Å². The van der Waals surface area contributed by atoms with E-state index < -0.39 is 0 Å². The highest BCUT2D eigenvalue weighted by Crippen LogP contribution is 2.50. The molecule has 3 atom stereocenters. The predicted octanol–water partition coefficient (Wildman–Crippen LogP) is 5.41. The molecule has 1 fully saturated rings. The van der Waals surface area contributed by atoms with E-state index in [2.05, 4.69) is 98.8 Å². The first-order valence-electron chi connectivity index (χ1n) is 11.0. The van der Waals surface area contributed by atoms with Gasteiger partial charge in [-0.15, -0.1) is 0 Å². The molecule has 3 aromatic carbocycles. The van der Waals surface area contributed by atoms with Crippen molar-refractivity contribution in [2.75, 3.05) is 13.2 Å². The zero-order valence-corrected chi connectivity index (χ0v) is 19.5. The van der Waals surface area contributed by atoms with Crippen LogP contribution in [0.2, 0.25) is 5.54 Å². The third kappa shape index (κ3) is 5.28. The molecular formula is C27H32O2Si. The van der Waals surface area contributed by atoms with Crippen molar-refractivity contribution in [1.82, 2.24) is 0 Å². The summed E-state index contributed by atoms with van der Waals surface area (Å²) in [6.45, 7) is 7.60. The molecule has 30 heavy (non-hydrogen) atoms. The smallest absolute Gasteiger partial charge is 0.0717 e. The summed E-state index contributed by atoms with van der Waals surface area (Å²) in [6, 6.07) is 30.1. The number of ether oxygens (including phenoxy) is 2. The second kappa shape index (κ2) is 9.74. The highest BCUT2D eigenvalue weighted by atomic mass is 28.2. The van der Waals surface area contributed by atoms with E-state index in [1.807, 2.05) is 0 Å². The van der Waals surface area contributed by atoms with Gasteiger partial charge in [0.1, 0.15) is 0 Å². The lowest BCUT2D eigenvalue weighted by Gasteiger charge is -2.13. The second-order valence-corrected chi connectivity index (χ2v) is 11.7. The molecule has 0 aromatic heterocycles. The summed E-state index contributed by atoms with van der Waals surface area (Å²) in [7, 11) is -0.0843. The van der Waals surface area contributed by atoms with Crippen LogP contribution >= 0.6 is 0 Å². The van der Waals surface area contributed by atoms with Crippen molar-refractivity contribution in [2.45, 2.75) is 43.6 Å². The molecule has 1 aliphatic heterocycles. The third-order valence-corrected chi connectivity index (χ3v) is 9.31. The highest BCUT2D eigenvalue weighted by molar-refractivity contribution is 6.56. The van der Waals surface area contributed by atoms with Crippen molar-refractivity contribution in [2.24, 2.45) is 0 Å². The zero-order valence-electron chi connectivity index (χ0n) is 18.1. The maximum atomic E-state index is 6.07. The van der Waals surface area contributed by atoms with Gasteiger partial charge in [-0.2, -0.15) is 0 Å². The molecule has 1 unspecified atom stereocenters. The van der Waals surface area contributed by atoms with E-state index in [1.54, 1.807) is 0 Å². The lowest BCUT2D eigenvalue weighted by molar-refractivity contribution is 0.110. The summed E-state index contributed by atoms with van der Waals surface area (Å²) in [5, 5.41) is 0.430. The van der Waals surface area contributed by atoms with E-state index in [9.17, 15) is 0 Å². The van der Waals surface area contributed by atoms with Crippen LogP contribution in [0.3, 0.4) is 0 Å². The van der Waals surface area contributed by atoms with E-state index in [0.717, 1.165) is 18.8 Å². The van der Waals surface area contributed by atoms with Crippen LogP contribution in [0, 0.1) is 0 Å². The van der Waals surface area contributed by atoms with Gasteiger partial charge in [0.05, 0.1) is 19.8 Å². The van der Waals surface area contributed by atoms with E-state index in [4.69, 9.17) is 9.47 Å². The van der Waals surface area contributed by atoms with Gasteiger partial charge >= 0.3 is 0 Å². The highest BCUT2D eigenvalue weighted by Gasteiger charge is 2.51. The Labute approximate surface area is 183 Å². The molecule has 0 spiro atoms. The quantitative estimate of drug-likeness (QED) is 0.412. The first-order chi connectivity index (χ1) is 14.6. The van der Waals surface area contributed by atoms with Crippen molar-refractivity contribution in [3.63, 3.8) is 0 Å². The summed E-state index contributed by atoms with van der Waals surface area (Å²) < 4.78 is 12.0. The molecule has 0 N–H and O–H groups in total. The first kappa shape index (κ1) is 21.0. The number of benzene rings is 3. The molecule has 156 valence electrons. The van der Waals surface area contributed by atoms with Crippen molar-refractivity contribution in [3.8, 4) is 0 Å². The minimum atomic E-state index is -0.0843. The largest absolute Gasteiger partial charge is 0.377 e. The predicted molar refractivity (Wildman–Crippen MR) is 127 cm³/mol. The van der Waals surface area contributed by atoms with Gasteiger partial charge in [-0.3, -0.25) is 0 Å². The molecule has 0 saturated carbocycles. The van der Waals surface area contributed by atoms with E-state index in [-0.39, 0.29) is 9.52 Å². The minimum absolute atomic E-state index is 0.0843. The van der Waals surface area contributed by atoms with Crippen LogP contribution in [0.25, 0.3) is 0 Å². The molecule has 3 heteroatoms. The average molecular weight is 417 g/mol. The number of hydrogen-bond acceptors (Lipinski definition) is 2. The molecule has 3 aromatic rings. The Balaban J connectivity index is 1.17. The van der Waals surface area contributed by atoms with Gasteiger partial charge in [-0.05, 0) is 32.8 Å². The zero-order chi connectivity index (χ0) is 20.8. The third-order valence-electron chi connectivity index (χ3n) is 6.46. The van der Waals surface area contributed by atoms with Crippen LogP contribution < -0.4 is 0 Å². The van der Waals surface area contributed by atoms with Gasteiger partial charge in [-0.25, -0.2) is 0 Å². The van der Waals surface area contributed by atoms with Crippen molar-refractivity contribution >= 4 is 9.52 Å². The van der Waals surface area contributed by atoms with Gasteiger partial charge in [0, 0.05) is 22.0 Å². The van der Waals surface area contributed by atoms with Gasteiger partial charge in [0.2, 0.25) is 0 Å². The molecule has 0 aliphatic carbocycles. The first-order valence-corrected chi connectivity index (χ1v) is 12.5. The molecular weight excluding hydrogens is 384 g/mol. The fraction of sp³-hybridized carbons (Fsp3) is 0.333. The Morgan fingerprint density at radius 1 is 0.800 bits per heavy atom. The Morgan fingerprint density at radius 2 is 1.37 bits per heavy atom. The van der Waals surface area contributed by atoms with Crippen LogP contribution in [0.5, 0.6) is 0 Å². The number of hydrogen-bond donors (Lipinski definition) is 0. The van der Waals surface area contributed by atoms with Crippen LogP contribution in [0.4, 0.5) is 0 Å². The van der Waals surface area contributed by atoms with Gasteiger partial charge < -0.3 is 9.47 Å². The Kier molecular flexibility index (Phi) is 6.83. The van der Waals surface area contributed by atoms with Gasteiger partial charge in [-0.1, -0.05) is 98.8 Å². The summed E-state index contributed by atoms with van der Waals surface area (Å²) >= 11 is 0. The number of rotatable bonds is 10. The minimum Gasteiger partial charge on any atom is -0.377 e. The average Bonchev–Trinajstić information content (AvgIpc) is 3.47. The SMILES string of the molecule is C[C@H](COCc1ccc(COCC2[SiH2][C@@]2(C)c2ccccc2)cc1)c1ccccc1.